The molecule has 0 amide bonds. The molecule has 9 nitrogen and oxygen atoms in total. The molecule has 2 saturated heterocycles. The molecule has 0 spiro atoms. The fourth-order valence-corrected chi connectivity index (χ4v) is 5.89. The summed E-state index contributed by atoms with van der Waals surface area (Å²) in [6.07, 6.45) is -0.826. The van der Waals surface area contributed by atoms with Gasteiger partial charge in [0.1, 0.15) is 24.1 Å². The van der Waals surface area contributed by atoms with Crippen LogP contribution >= 0.6 is 18.3 Å². The smallest absolute Gasteiger partial charge is 0.328 e. The van der Waals surface area contributed by atoms with Crippen molar-refractivity contribution in [1.82, 2.24) is 19.5 Å². The van der Waals surface area contributed by atoms with E-state index in [1.165, 1.54) is 17.2 Å². The summed E-state index contributed by atoms with van der Waals surface area (Å²) in [4.78, 5) is 12.1. The number of nitrogens with zero attached hydrogens (tertiary/aromatic N) is 4. The lowest BCUT2D eigenvalue weighted by atomic mass is 10.1. The first-order valence-electron chi connectivity index (χ1n) is 7.79. The van der Waals surface area contributed by atoms with E-state index in [1.54, 1.807) is 13.8 Å². The van der Waals surface area contributed by atoms with Gasteiger partial charge in [-0.3, -0.25) is 9.09 Å². The maximum Gasteiger partial charge on any atom is 0.328 e. The van der Waals surface area contributed by atoms with E-state index in [2.05, 4.69) is 15.0 Å². The van der Waals surface area contributed by atoms with Gasteiger partial charge in [0.25, 0.3) is 5.13 Å². The summed E-state index contributed by atoms with van der Waals surface area (Å²) in [6, 6.07) is 0. The number of ether oxygens (including phenoxy) is 1. The zero-order chi connectivity index (χ0) is 18.7. The van der Waals surface area contributed by atoms with E-state index in [1.807, 2.05) is 0 Å². The molecule has 0 saturated carbocycles. The van der Waals surface area contributed by atoms with Gasteiger partial charge in [-0.1, -0.05) is 11.6 Å². The van der Waals surface area contributed by atoms with Crippen molar-refractivity contribution in [1.29, 1.82) is 0 Å². The Hall–Kier alpha value is -0.940. The molecule has 0 unspecified atom stereocenters. The molecular formula is C13H16ClFN5O4PS. The molecule has 2 aromatic heterocycles. The molecule has 0 bridgehead atoms. The van der Waals surface area contributed by atoms with E-state index in [0.29, 0.717) is 11.2 Å². The van der Waals surface area contributed by atoms with Crippen LogP contribution in [0.25, 0.3) is 11.2 Å². The monoisotopic (exact) mass is 423 g/mol. The van der Waals surface area contributed by atoms with Gasteiger partial charge in [0.05, 0.1) is 19.0 Å². The summed E-state index contributed by atoms with van der Waals surface area (Å²) in [5, 5.41) is -2.44. The van der Waals surface area contributed by atoms with Crippen molar-refractivity contribution in [2.75, 3.05) is 12.3 Å². The lowest BCUT2D eigenvalue weighted by molar-refractivity contribution is -0.0635. The SMILES string of the molecule is CC(C)O[P@]1(=S)OC[C@H]2O[C@@H](n3cnc4c(N)ncnc43)[C@](F)(Cl)[C@@H]2O1. The largest absolute Gasteiger partial charge is 0.382 e. The van der Waals surface area contributed by atoms with Crippen LogP contribution in [-0.4, -0.2) is 49.6 Å². The number of rotatable bonds is 3. The Morgan fingerprint density at radius 1 is 1.50 bits per heavy atom. The van der Waals surface area contributed by atoms with E-state index >= 15 is 4.39 Å². The Labute approximate surface area is 158 Å². The van der Waals surface area contributed by atoms with Crippen molar-refractivity contribution in [3.63, 3.8) is 0 Å². The number of hydrogen-bond donors (Lipinski definition) is 1. The highest BCUT2D eigenvalue weighted by Gasteiger charge is 2.62. The minimum Gasteiger partial charge on any atom is -0.382 e. The molecule has 2 N–H and O–H groups in total. The normalized spacial score (nSPS) is 37.3. The molecule has 26 heavy (non-hydrogen) atoms. The summed E-state index contributed by atoms with van der Waals surface area (Å²) in [7, 11) is 0. The Kier molecular flexibility index (Phi) is 4.47. The predicted octanol–water partition coefficient (Wildman–Crippen LogP) is 2.28. The van der Waals surface area contributed by atoms with Crippen LogP contribution in [0.5, 0.6) is 0 Å². The van der Waals surface area contributed by atoms with Crippen molar-refractivity contribution in [2.24, 2.45) is 0 Å². The van der Waals surface area contributed by atoms with Crippen LogP contribution < -0.4 is 5.73 Å². The van der Waals surface area contributed by atoms with Crippen LogP contribution in [-0.2, 0) is 30.1 Å². The molecule has 0 radical (unpaired) electrons. The quantitative estimate of drug-likeness (QED) is 0.587. The summed E-state index contributed by atoms with van der Waals surface area (Å²) in [5.41, 5.74) is 6.39. The van der Waals surface area contributed by atoms with Gasteiger partial charge in [-0.15, -0.1) is 0 Å². The molecule has 2 aliphatic rings. The van der Waals surface area contributed by atoms with Gasteiger partial charge >= 0.3 is 6.72 Å². The van der Waals surface area contributed by atoms with Gasteiger partial charge in [-0.2, -0.15) is 0 Å². The molecule has 4 heterocycles. The molecule has 0 aromatic carbocycles. The molecule has 142 valence electrons. The number of imidazole rings is 1. The van der Waals surface area contributed by atoms with Gasteiger partial charge in [0.2, 0.25) is 0 Å². The third-order valence-electron chi connectivity index (χ3n) is 3.97. The van der Waals surface area contributed by atoms with Crippen LogP contribution in [0.2, 0.25) is 0 Å². The van der Waals surface area contributed by atoms with E-state index in [-0.39, 0.29) is 18.5 Å². The number of hydrogen-bond acceptors (Lipinski definition) is 9. The first-order valence-corrected chi connectivity index (χ1v) is 10.7. The molecule has 2 aliphatic heterocycles. The number of fused-ring (bicyclic) bond motifs is 2. The topological polar surface area (TPSA) is 107 Å². The summed E-state index contributed by atoms with van der Waals surface area (Å²) < 4.78 is 39.3. The molecule has 4 rings (SSSR count). The number of alkyl halides is 2. The lowest BCUT2D eigenvalue weighted by Crippen LogP contribution is -2.43. The fourth-order valence-electron chi connectivity index (χ4n) is 2.92. The number of anilines is 1. The maximum absolute atomic E-state index is 15.5. The van der Waals surface area contributed by atoms with Crippen LogP contribution in [0.4, 0.5) is 10.2 Å². The van der Waals surface area contributed by atoms with Crippen LogP contribution in [0.1, 0.15) is 20.1 Å². The minimum atomic E-state index is -3.12. The maximum atomic E-state index is 15.5. The van der Waals surface area contributed by atoms with Gasteiger partial charge in [0.15, 0.2) is 17.7 Å². The highest BCUT2D eigenvalue weighted by Crippen LogP contribution is 2.61. The van der Waals surface area contributed by atoms with Crippen LogP contribution in [0, 0.1) is 0 Å². The van der Waals surface area contributed by atoms with Crippen molar-refractivity contribution >= 4 is 47.1 Å². The average molecular weight is 424 g/mol. The van der Waals surface area contributed by atoms with Crippen molar-refractivity contribution in [3.8, 4) is 0 Å². The zero-order valence-corrected chi connectivity index (χ0v) is 16.2. The third-order valence-corrected chi connectivity index (χ3v) is 6.83. The third kappa shape index (κ3) is 2.91. The number of nitrogen functional groups attached to an aromatic ring is 1. The predicted molar refractivity (Wildman–Crippen MR) is 94.7 cm³/mol. The van der Waals surface area contributed by atoms with Gasteiger partial charge in [-0.05, 0) is 25.7 Å². The summed E-state index contributed by atoms with van der Waals surface area (Å²) in [5.74, 6) is 0.170. The van der Waals surface area contributed by atoms with E-state index in [9.17, 15) is 0 Å². The first-order chi connectivity index (χ1) is 12.2. The first kappa shape index (κ1) is 18.4. The molecule has 5 atom stereocenters. The summed E-state index contributed by atoms with van der Waals surface area (Å²) in [6.45, 7) is 0.454. The molecule has 0 aliphatic carbocycles. The van der Waals surface area contributed by atoms with E-state index in [4.69, 9.17) is 47.4 Å². The standard InChI is InChI=1S/C13H16ClFN5O4PS/c1-6(2)23-25(26)21-3-7-9(24-25)13(14,15)12(22-7)20-5-19-8-10(16)17-4-18-11(8)20/h4-7,9,12H,3H2,1-2H3,(H2,16,17,18)/t7-,9-,12-,13+,25-/m1/s1. The Balaban J connectivity index is 1.68. The molecular weight excluding hydrogens is 408 g/mol. The van der Waals surface area contributed by atoms with Crippen molar-refractivity contribution in [3.05, 3.63) is 12.7 Å². The van der Waals surface area contributed by atoms with E-state index < -0.39 is 30.3 Å². The molecule has 2 fully saturated rings. The van der Waals surface area contributed by atoms with Crippen LogP contribution in [0.15, 0.2) is 12.7 Å². The van der Waals surface area contributed by atoms with Crippen LogP contribution in [0.3, 0.4) is 0 Å². The number of nitrogens with two attached hydrogens (primary N) is 1. The van der Waals surface area contributed by atoms with Gasteiger partial charge in [-0.25, -0.2) is 19.3 Å². The average Bonchev–Trinajstić information content (AvgIpc) is 3.07. The highest BCUT2D eigenvalue weighted by molar-refractivity contribution is 8.07. The second kappa shape index (κ2) is 6.30. The van der Waals surface area contributed by atoms with Crippen molar-refractivity contribution in [2.45, 2.75) is 43.5 Å². The second-order valence-corrected chi connectivity index (χ2v) is 9.70. The fraction of sp³-hybridized carbons (Fsp3) is 0.615. The number of aromatic nitrogens is 4. The molecule has 13 heteroatoms. The Morgan fingerprint density at radius 3 is 3.00 bits per heavy atom. The Bertz CT molecular complexity index is 899. The highest BCUT2D eigenvalue weighted by atomic mass is 35.5. The van der Waals surface area contributed by atoms with Crippen molar-refractivity contribution < 1.29 is 22.7 Å². The minimum absolute atomic E-state index is 0.00725. The zero-order valence-electron chi connectivity index (χ0n) is 13.8. The number of halogens is 2. The molecule has 2 aromatic rings. The van der Waals surface area contributed by atoms with Gasteiger partial charge < -0.3 is 19.5 Å². The second-order valence-electron chi connectivity index (χ2n) is 6.21. The lowest BCUT2D eigenvalue weighted by Gasteiger charge is -2.35. The Morgan fingerprint density at radius 2 is 2.27 bits per heavy atom. The summed E-state index contributed by atoms with van der Waals surface area (Å²) >= 11 is 11.5. The van der Waals surface area contributed by atoms with Gasteiger partial charge in [0, 0.05) is 0 Å². The van der Waals surface area contributed by atoms with E-state index in [0.717, 1.165) is 0 Å².